The molecule has 0 bridgehead atoms. The predicted molar refractivity (Wildman–Crippen MR) is 357 cm³/mol. The van der Waals surface area contributed by atoms with E-state index in [1.807, 2.05) is 82.7 Å². The van der Waals surface area contributed by atoms with Gasteiger partial charge in [-0.2, -0.15) is 0 Å². The fourth-order valence-electron chi connectivity index (χ4n) is 11.6. The van der Waals surface area contributed by atoms with Gasteiger partial charge in [-0.3, -0.25) is 9.20 Å². The third kappa shape index (κ3) is 13.0. The van der Waals surface area contributed by atoms with E-state index in [1.165, 1.54) is 42.6 Å². The molecule has 2 N–H and O–H groups in total. The van der Waals surface area contributed by atoms with Crippen molar-refractivity contribution >= 4 is 86.2 Å². The van der Waals surface area contributed by atoms with E-state index >= 15 is 0 Å². The van der Waals surface area contributed by atoms with Gasteiger partial charge in [0.05, 0.1) is 65.0 Å². The second-order valence-electron chi connectivity index (χ2n) is 23.5. The summed E-state index contributed by atoms with van der Waals surface area (Å²) in [4.78, 5) is 45.3. The van der Waals surface area contributed by atoms with E-state index < -0.39 is 13.0 Å². The van der Waals surface area contributed by atoms with E-state index in [0.717, 1.165) is 153 Å². The predicted octanol–water partition coefficient (Wildman–Crippen LogP) is 14.9. The number of benzene rings is 3. The number of aromatic nitrogens is 12. The molecule has 0 aliphatic carbocycles. The highest BCUT2D eigenvalue weighted by Gasteiger charge is 2.52. The van der Waals surface area contributed by atoms with Crippen LogP contribution in [-0.4, -0.2) is 85.9 Å². The summed E-state index contributed by atoms with van der Waals surface area (Å²) < 4.78 is 64.4. The Labute approximate surface area is 552 Å². The van der Waals surface area contributed by atoms with Gasteiger partial charge in [0.1, 0.15) is 61.4 Å². The lowest BCUT2D eigenvalue weighted by Gasteiger charge is -2.32. The summed E-state index contributed by atoms with van der Waals surface area (Å²) in [6.07, 6.45) is 16.4. The monoisotopic (exact) mass is 1350 g/mol. The number of aryl methyl sites for hydroxylation is 3. The quantitative estimate of drug-likeness (QED) is 0.0924. The summed E-state index contributed by atoms with van der Waals surface area (Å²) in [5.74, 6) is 2.86. The first-order chi connectivity index (χ1) is 44.7. The topological polar surface area (TPSA) is 176 Å². The van der Waals surface area contributed by atoms with Crippen LogP contribution in [0.5, 0.6) is 0 Å². The minimum atomic E-state index is -0.531. The largest absolute Gasteiger partial charge is 0.498 e. The molecule has 0 unspecified atom stereocenters. The van der Waals surface area contributed by atoms with Gasteiger partial charge in [-0.15, -0.1) is 23.2 Å². The Kier molecular flexibility index (Phi) is 18.1. The molecule has 13 heterocycles. The minimum absolute atomic E-state index is 0.216. The number of alkyl halides is 2. The first-order valence-corrected chi connectivity index (χ1v) is 31.7. The Morgan fingerprint density at radius 2 is 0.925 bits per heavy atom. The van der Waals surface area contributed by atoms with Crippen molar-refractivity contribution < 1.29 is 27.3 Å². The normalized spacial score (nSPS) is 14.7. The summed E-state index contributed by atoms with van der Waals surface area (Å²) >= 11 is 13.6. The lowest BCUT2D eigenvalue weighted by atomic mass is 9.80. The highest BCUT2D eigenvalue weighted by Crippen LogP contribution is 2.40. The van der Waals surface area contributed by atoms with Crippen molar-refractivity contribution in [3.8, 4) is 56.3 Å². The lowest BCUT2D eigenvalue weighted by molar-refractivity contribution is 0.00578. The number of fused-ring (bicyclic) bond motifs is 6. The second kappa shape index (κ2) is 26.3. The smallest absolute Gasteiger partial charge is 0.399 e. The Bertz CT molecular complexity index is 4850. The summed E-state index contributed by atoms with van der Waals surface area (Å²) in [6, 6.07) is 30.8. The van der Waals surface area contributed by atoms with Crippen molar-refractivity contribution in [1.82, 2.24) is 56.8 Å². The molecule has 1 fully saturated rings. The van der Waals surface area contributed by atoms with Crippen LogP contribution < -0.4 is 11.2 Å². The van der Waals surface area contributed by atoms with Crippen LogP contribution in [0.3, 0.4) is 0 Å². The first-order valence-electron chi connectivity index (χ1n) is 30.0. The van der Waals surface area contributed by atoms with Gasteiger partial charge in [0.2, 0.25) is 11.3 Å². The van der Waals surface area contributed by atoms with Gasteiger partial charge in [-0.05, 0) is 161 Å². The zero-order valence-electron chi connectivity index (χ0n) is 51.2. The fraction of sp³-hybridized carbons (Fsp3) is 0.250. The van der Waals surface area contributed by atoms with Gasteiger partial charge in [-0.1, -0.05) is 19.2 Å². The van der Waals surface area contributed by atoms with Gasteiger partial charge in [0.15, 0.2) is 0 Å². The summed E-state index contributed by atoms with van der Waals surface area (Å²) in [6.45, 7) is 27.1. The van der Waals surface area contributed by atoms with E-state index in [9.17, 15) is 18.0 Å². The number of primary amides is 1. The van der Waals surface area contributed by atoms with Crippen LogP contribution in [0.1, 0.15) is 81.8 Å². The van der Waals surface area contributed by atoms with Crippen molar-refractivity contribution in [2.24, 2.45) is 5.73 Å². The number of carbonyl (C=O) groups is 1. The van der Waals surface area contributed by atoms with Gasteiger partial charge in [0.25, 0.3) is 17.5 Å². The van der Waals surface area contributed by atoms with E-state index in [0.29, 0.717) is 23.0 Å². The number of nitrogens with two attached hydrogens (primary N) is 1. The average Bonchev–Trinajstić information content (AvgIpc) is 1.64. The van der Waals surface area contributed by atoms with Crippen molar-refractivity contribution in [3.05, 3.63) is 214 Å². The first kappa shape index (κ1) is 63.8. The zero-order chi connectivity index (χ0) is 65.5. The molecule has 4 aliphatic heterocycles. The number of rotatable bonds is 7. The van der Waals surface area contributed by atoms with Crippen LogP contribution in [-0.2, 0) is 48.2 Å². The summed E-state index contributed by atoms with van der Waals surface area (Å²) in [7, 11) is -0.426. The van der Waals surface area contributed by atoms with Crippen molar-refractivity contribution in [1.29, 1.82) is 0 Å². The van der Waals surface area contributed by atoms with E-state index in [2.05, 4.69) is 59.3 Å². The van der Waals surface area contributed by atoms with Crippen LogP contribution >= 0.6 is 39.1 Å². The van der Waals surface area contributed by atoms with Crippen LogP contribution in [0.25, 0.3) is 82.9 Å². The van der Waals surface area contributed by atoms with Crippen LogP contribution in [0.15, 0.2) is 151 Å². The molecule has 93 heavy (non-hydrogen) atoms. The molecule has 0 spiro atoms. The number of nitrogens with zero attached hydrogens (tertiary/aromatic N) is 14. The minimum Gasteiger partial charge on any atom is -0.399 e. The molecule has 0 saturated carbocycles. The molecule has 0 atom stereocenters. The molecule has 16 rings (SSSR count). The maximum atomic E-state index is 13.4. The Hall–Kier alpha value is -9.36. The third-order valence-corrected chi connectivity index (χ3v) is 17.6. The fourth-order valence-corrected chi connectivity index (χ4v) is 12.3. The molecular weight excluding hydrogens is 1290 g/mol. The van der Waals surface area contributed by atoms with Gasteiger partial charge < -0.3 is 38.4 Å². The van der Waals surface area contributed by atoms with Crippen molar-refractivity contribution in [3.63, 3.8) is 0 Å². The number of pyridine rings is 3. The van der Waals surface area contributed by atoms with Crippen molar-refractivity contribution in [2.75, 3.05) is 0 Å². The molecule has 18 nitrogen and oxygen atoms in total. The molecule has 470 valence electrons. The van der Waals surface area contributed by atoms with Gasteiger partial charge in [-0.25, -0.2) is 51.9 Å². The molecule has 25 heteroatoms. The maximum Gasteiger partial charge on any atom is 0.498 e. The number of halogens is 6. The number of hydrogen-bond acceptors (Lipinski definition) is 9. The van der Waals surface area contributed by atoms with E-state index in [1.54, 1.807) is 68.9 Å². The lowest BCUT2D eigenvalue weighted by Crippen LogP contribution is -2.41. The SMILES string of the molecule is CC(Cl)Cl.Fc1ccc(-c2nc3n(c2Br)CCC3)cc1.NC(=O)c1cnc2ccc(-c3c(-c4ccc(F)cc4)nc4n3CCC4)cn12.[C-]#[N+]c1cnc2ccc(-c3c(-c4ccc(F)cc4)nc4n3CCC4)cn12.[C-]#[N+]c1cnc2ccc(B3OC(C)(C)C(C)(C)O3)cn12. The molecular formula is C68H60BBrCl2F3N15O3. The molecule has 3 aromatic carbocycles. The molecule has 1 amide bonds. The Balaban J connectivity index is 0.000000119. The highest BCUT2D eigenvalue weighted by atomic mass is 79.9. The Morgan fingerprint density at radius 1 is 0.559 bits per heavy atom. The average molecular weight is 1350 g/mol. The standard InChI is InChI=1S/C20H16FN5O.C20H14FN5.C14H16BN3O2.C12H10BrFN2.C2H4Cl2/c21-14-6-3-12(4-7-14)18-19(25-9-1-2-17(25)24-18)13-5-8-16-23-10-15(20(22)27)26(16)11-13;1-22-18-11-23-16-9-6-14(12-26(16)18)20-19(13-4-7-15(21)8-5-13)24-17-3-2-10-25(17)20;1-13(2)14(3,4)20-15(19-13)10-6-7-11-17-8-12(16-5)18(11)9-10;13-12-11(8-3-5-9(14)6-4-8)15-10-2-1-7-16(10)12;1-2(3)4/h3-8,10-11H,1-2,9H2,(H2,22,27);4-9,11-12H,2-3,10H2;6-9H,1-4H3;3-6H,1-2,7H2;2H,1H3. The van der Waals surface area contributed by atoms with Gasteiger partial charge in [0, 0.05) is 90.5 Å². The molecule has 4 aliphatic rings. The van der Waals surface area contributed by atoms with Crippen LogP contribution in [0.4, 0.5) is 24.8 Å². The van der Waals surface area contributed by atoms with E-state index in [-0.39, 0.29) is 33.5 Å². The third-order valence-electron chi connectivity index (χ3n) is 16.8. The number of amides is 1. The van der Waals surface area contributed by atoms with Crippen LogP contribution in [0, 0.1) is 30.6 Å². The number of imidazole rings is 6. The van der Waals surface area contributed by atoms with Crippen LogP contribution in [0.2, 0.25) is 0 Å². The number of hydrogen-bond donors (Lipinski definition) is 1. The molecule has 9 aromatic heterocycles. The molecule has 1 saturated heterocycles. The highest BCUT2D eigenvalue weighted by molar-refractivity contribution is 9.10. The Morgan fingerprint density at radius 3 is 1.37 bits per heavy atom. The van der Waals surface area contributed by atoms with E-state index in [4.69, 9.17) is 61.4 Å². The molecule has 12 aromatic rings. The number of carbonyl (C=O) groups excluding carboxylic acids is 1. The summed E-state index contributed by atoms with van der Waals surface area (Å²) in [5.41, 5.74) is 17.2. The zero-order valence-corrected chi connectivity index (χ0v) is 54.3. The summed E-state index contributed by atoms with van der Waals surface area (Å²) in [5, 5.41) is 0. The molecule has 0 radical (unpaired) electrons. The second-order valence-corrected chi connectivity index (χ2v) is 25.7. The van der Waals surface area contributed by atoms with Crippen molar-refractivity contribution in [2.45, 2.75) is 109 Å². The van der Waals surface area contributed by atoms with Gasteiger partial charge >= 0.3 is 7.12 Å². The maximum absolute atomic E-state index is 13.4.